The Morgan fingerprint density at radius 3 is 2.70 bits per heavy atom. The monoisotopic (exact) mass is 442 g/mol. The molecule has 0 saturated carbocycles. The minimum absolute atomic E-state index is 0.170. The van der Waals surface area contributed by atoms with Crippen molar-refractivity contribution in [2.75, 3.05) is 6.79 Å². The molecule has 0 fully saturated rings. The lowest BCUT2D eigenvalue weighted by atomic mass is 10.0. The molecule has 1 N–H and O–H groups in total. The van der Waals surface area contributed by atoms with Gasteiger partial charge in [0.05, 0.1) is 11.7 Å². The predicted octanol–water partition coefficient (Wildman–Crippen LogP) is 4.53. The van der Waals surface area contributed by atoms with Crippen molar-refractivity contribution in [3.63, 3.8) is 0 Å². The Kier molecular flexibility index (Phi) is 5.69. The van der Waals surface area contributed by atoms with Gasteiger partial charge in [0.15, 0.2) is 17.1 Å². The summed E-state index contributed by atoms with van der Waals surface area (Å²) >= 11 is 0. The number of pyridine rings is 1. The first-order chi connectivity index (χ1) is 16.1. The highest BCUT2D eigenvalue weighted by atomic mass is 16.7. The van der Waals surface area contributed by atoms with Gasteiger partial charge in [0.1, 0.15) is 0 Å². The quantitative estimate of drug-likeness (QED) is 0.455. The van der Waals surface area contributed by atoms with Gasteiger partial charge in [-0.05, 0) is 48.2 Å². The molecule has 1 aliphatic rings. The van der Waals surface area contributed by atoms with Crippen molar-refractivity contribution in [2.45, 2.75) is 32.9 Å². The average molecular weight is 443 g/mol. The first-order valence-electron chi connectivity index (χ1n) is 11.1. The molecule has 3 heterocycles. The fourth-order valence-corrected chi connectivity index (χ4v) is 4.11. The number of fused-ring (bicyclic) bond motifs is 2. The predicted molar refractivity (Wildman–Crippen MR) is 125 cm³/mol. The number of rotatable bonds is 7. The van der Waals surface area contributed by atoms with Gasteiger partial charge in [0.25, 0.3) is 5.91 Å². The van der Waals surface area contributed by atoms with Crippen LogP contribution in [0.3, 0.4) is 0 Å². The van der Waals surface area contributed by atoms with Crippen molar-refractivity contribution in [3.8, 4) is 11.5 Å². The SMILES string of the molecule is CC(C)Cn1nc([C@H](Cc2ccccc2)NC(=O)c2ccc3c(c2)OCO3)c2cccnc21. The van der Waals surface area contributed by atoms with Crippen LogP contribution >= 0.6 is 0 Å². The number of amides is 1. The molecule has 7 heteroatoms. The van der Waals surface area contributed by atoms with E-state index in [1.165, 1.54) is 0 Å². The number of hydrogen-bond donors (Lipinski definition) is 1. The van der Waals surface area contributed by atoms with E-state index in [0.29, 0.717) is 29.4 Å². The smallest absolute Gasteiger partial charge is 0.251 e. The third kappa shape index (κ3) is 4.39. The number of aromatic nitrogens is 3. The number of carbonyl (C=O) groups excluding carboxylic acids is 1. The fraction of sp³-hybridized carbons (Fsp3) is 0.269. The number of carbonyl (C=O) groups is 1. The van der Waals surface area contributed by atoms with Crippen LogP contribution in [0.1, 0.15) is 41.5 Å². The van der Waals surface area contributed by atoms with Gasteiger partial charge < -0.3 is 14.8 Å². The summed E-state index contributed by atoms with van der Waals surface area (Å²) in [5.74, 6) is 1.46. The normalized spacial score (nSPS) is 13.4. The number of ether oxygens (including phenoxy) is 2. The number of nitrogens with one attached hydrogen (secondary N) is 1. The van der Waals surface area contributed by atoms with Crippen molar-refractivity contribution in [1.82, 2.24) is 20.1 Å². The van der Waals surface area contributed by atoms with E-state index in [-0.39, 0.29) is 18.7 Å². The zero-order valence-corrected chi connectivity index (χ0v) is 18.7. The molecule has 7 nitrogen and oxygen atoms in total. The fourth-order valence-electron chi connectivity index (χ4n) is 4.11. The van der Waals surface area contributed by atoms with Crippen molar-refractivity contribution in [3.05, 3.63) is 83.7 Å². The molecule has 0 spiro atoms. The van der Waals surface area contributed by atoms with Gasteiger partial charge in [-0.2, -0.15) is 5.10 Å². The second-order valence-corrected chi connectivity index (χ2v) is 8.62. The van der Waals surface area contributed by atoms with E-state index in [1.807, 2.05) is 35.0 Å². The van der Waals surface area contributed by atoms with Crippen LogP contribution in [0, 0.1) is 5.92 Å². The highest BCUT2D eigenvalue weighted by Crippen LogP contribution is 2.33. The summed E-state index contributed by atoms with van der Waals surface area (Å²) in [6.45, 7) is 5.23. The first kappa shape index (κ1) is 21.0. The lowest BCUT2D eigenvalue weighted by molar-refractivity contribution is 0.0935. The number of hydrogen-bond acceptors (Lipinski definition) is 5. The Morgan fingerprint density at radius 1 is 1.06 bits per heavy atom. The molecule has 2 aromatic carbocycles. The van der Waals surface area contributed by atoms with Crippen LogP contribution in [0.25, 0.3) is 11.0 Å². The van der Waals surface area contributed by atoms with Gasteiger partial charge in [-0.25, -0.2) is 9.67 Å². The van der Waals surface area contributed by atoms with Gasteiger partial charge in [0, 0.05) is 23.7 Å². The van der Waals surface area contributed by atoms with Crippen LogP contribution in [0.2, 0.25) is 0 Å². The van der Waals surface area contributed by atoms with E-state index in [2.05, 4.69) is 36.3 Å². The molecule has 2 aromatic heterocycles. The Bertz CT molecular complexity index is 1280. The minimum Gasteiger partial charge on any atom is -0.454 e. The van der Waals surface area contributed by atoms with Gasteiger partial charge in [0.2, 0.25) is 6.79 Å². The van der Waals surface area contributed by atoms with E-state index in [9.17, 15) is 4.79 Å². The Balaban J connectivity index is 1.52. The van der Waals surface area contributed by atoms with Gasteiger partial charge in [-0.15, -0.1) is 0 Å². The van der Waals surface area contributed by atoms with Crippen molar-refractivity contribution in [1.29, 1.82) is 0 Å². The highest BCUT2D eigenvalue weighted by molar-refractivity contribution is 5.95. The van der Waals surface area contributed by atoms with Crippen molar-refractivity contribution < 1.29 is 14.3 Å². The van der Waals surface area contributed by atoms with Gasteiger partial charge >= 0.3 is 0 Å². The number of benzene rings is 2. The van der Waals surface area contributed by atoms with Crippen LogP contribution in [-0.2, 0) is 13.0 Å². The zero-order valence-electron chi connectivity index (χ0n) is 18.7. The Morgan fingerprint density at radius 2 is 1.88 bits per heavy atom. The second-order valence-electron chi connectivity index (χ2n) is 8.62. The summed E-state index contributed by atoms with van der Waals surface area (Å²) in [7, 11) is 0. The third-order valence-electron chi connectivity index (χ3n) is 5.63. The molecule has 4 aromatic rings. The van der Waals surface area contributed by atoms with E-state index in [4.69, 9.17) is 14.6 Å². The largest absolute Gasteiger partial charge is 0.454 e. The topological polar surface area (TPSA) is 78.3 Å². The lowest BCUT2D eigenvalue weighted by Gasteiger charge is -2.18. The summed E-state index contributed by atoms with van der Waals surface area (Å²) in [6, 6.07) is 18.9. The Hall–Kier alpha value is -3.87. The molecule has 1 atom stereocenters. The molecule has 5 rings (SSSR count). The van der Waals surface area contributed by atoms with Crippen molar-refractivity contribution >= 4 is 16.9 Å². The summed E-state index contributed by atoms with van der Waals surface area (Å²) in [5.41, 5.74) is 3.28. The molecule has 0 bridgehead atoms. The molecule has 33 heavy (non-hydrogen) atoms. The van der Waals surface area contributed by atoms with E-state index in [1.54, 1.807) is 24.4 Å². The lowest BCUT2D eigenvalue weighted by Crippen LogP contribution is -2.30. The first-order valence-corrected chi connectivity index (χ1v) is 11.1. The molecule has 168 valence electrons. The Labute approximate surface area is 192 Å². The molecule has 0 saturated heterocycles. The van der Waals surface area contributed by atoms with Gasteiger partial charge in [-0.3, -0.25) is 4.79 Å². The highest BCUT2D eigenvalue weighted by Gasteiger charge is 2.24. The third-order valence-corrected chi connectivity index (χ3v) is 5.63. The average Bonchev–Trinajstić information content (AvgIpc) is 3.43. The molecular formula is C26H26N4O3. The molecule has 0 radical (unpaired) electrons. The summed E-state index contributed by atoms with van der Waals surface area (Å²) in [6.07, 6.45) is 2.39. The van der Waals surface area contributed by atoms with Crippen LogP contribution in [0.5, 0.6) is 11.5 Å². The second kappa shape index (κ2) is 8.94. The van der Waals surface area contributed by atoms with E-state index in [0.717, 1.165) is 28.8 Å². The molecular weight excluding hydrogens is 416 g/mol. The maximum Gasteiger partial charge on any atom is 0.251 e. The summed E-state index contributed by atoms with van der Waals surface area (Å²) in [5, 5.41) is 9.08. The minimum atomic E-state index is -0.328. The number of nitrogens with zero attached hydrogens (tertiary/aromatic N) is 3. The molecule has 0 unspecified atom stereocenters. The summed E-state index contributed by atoms with van der Waals surface area (Å²) < 4.78 is 12.8. The van der Waals surface area contributed by atoms with Crippen LogP contribution in [0.4, 0.5) is 0 Å². The van der Waals surface area contributed by atoms with Crippen LogP contribution < -0.4 is 14.8 Å². The van der Waals surface area contributed by atoms with E-state index < -0.39 is 0 Å². The van der Waals surface area contributed by atoms with Crippen molar-refractivity contribution in [2.24, 2.45) is 5.92 Å². The van der Waals surface area contributed by atoms with Crippen LogP contribution in [-0.4, -0.2) is 27.5 Å². The standard InChI is InChI=1S/C26H26N4O3/c1-17(2)15-30-25-20(9-6-12-27-25)24(29-30)21(13-18-7-4-3-5-8-18)28-26(31)19-10-11-22-23(14-19)33-16-32-22/h3-12,14,17,21H,13,15-16H2,1-2H3,(H,28,31)/t21-/m0/s1. The molecule has 1 aliphatic heterocycles. The molecule has 0 aliphatic carbocycles. The maximum atomic E-state index is 13.3. The van der Waals surface area contributed by atoms with Crippen LogP contribution in [0.15, 0.2) is 66.9 Å². The zero-order chi connectivity index (χ0) is 22.8. The summed E-state index contributed by atoms with van der Waals surface area (Å²) in [4.78, 5) is 17.9. The van der Waals surface area contributed by atoms with Gasteiger partial charge in [-0.1, -0.05) is 44.2 Å². The van der Waals surface area contributed by atoms with E-state index >= 15 is 0 Å². The molecule has 1 amide bonds. The maximum absolute atomic E-state index is 13.3.